The summed E-state index contributed by atoms with van der Waals surface area (Å²) in [6, 6.07) is 4.12. The summed E-state index contributed by atoms with van der Waals surface area (Å²) in [6.07, 6.45) is -4.81. The second-order valence-electron chi connectivity index (χ2n) is 6.40. The number of rotatable bonds is 7. The third-order valence-electron chi connectivity index (χ3n) is 4.25. The Labute approximate surface area is 177 Å². The Morgan fingerprint density at radius 2 is 1.62 bits per heavy atom. The van der Waals surface area contributed by atoms with Crippen molar-refractivity contribution in [3.63, 3.8) is 0 Å². The van der Waals surface area contributed by atoms with Gasteiger partial charge in [-0.1, -0.05) is 18.2 Å². The van der Waals surface area contributed by atoms with Crippen molar-refractivity contribution in [1.29, 1.82) is 0 Å². The SMILES string of the molecule is CCNC(=O)c1c(O)c(C(=O)NCC(=O)O)c(=O)n(Cc2ccccc2C(F)(F)F)c1O. The fraction of sp³-hybridized carbons (Fsp3) is 0.263. The van der Waals surface area contributed by atoms with E-state index in [4.69, 9.17) is 5.11 Å². The molecule has 0 fully saturated rings. The average Bonchev–Trinajstić information content (AvgIpc) is 2.69. The highest BCUT2D eigenvalue weighted by Gasteiger charge is 2.34. The van der Waals surface area contributed by atoms with Gasteiger partial charge in [0.25, 0.3) is 17.4 Å². The number of aromatic hydroxyl groups is 2. The third kappa shape index (κ3) is 4.99. The molecule has 32 heavy (non-hydrogen) atoms. The first kappa shape index (κ1) is 24.2. The molecule has 2 aromatic rings. The monoisotopic (exact) mass is 457 g/mol. The van der Waals surface area contributed by atoms with Gasteiger partial charge in [-0.15, -0.1) is 0 Å². The van der Waals surface area contributed by atoms with Crippen molar-refractivity contribution in [1.82, 2.24) is 15.2 Å². The second kappa shape index (κ2) is 9.41. The Kier molecular flexibility index (Phi) is 7.13. The smallest absolute Gasteiger partial charge is 0.416 e. The van der Waals surface area contributed by atoms with Crippen LogP contribution in [0.15, 0.2) is 29.1 Å². The van der Waals surface area contributed by atoms with E-state index in [1.165, 1.54) is 13.0 Å². The highest BCUT2D eigenvalue weighted by Crippen LogP contribution is 2.34. The number of nitrogens with zero attached hydrogens (tertiary/aromatic N) is 1. The lowest BCUT2D eigenvalue weighted by Crippen LogP contribution is -2.37. The number of hydrogen-bond donors (Lipinski definition) is 5. The molecule has 0 spiro atoms. The number of benzene rings is 1. The molecule has 1 heterocycles. The Balaban J connectivity index is 2.75. The van der Waals surface area contributed by atoms with Crippen molar-refractivity contribution in [2.75, 3.05) is 13.1 Å². The standard InChI is InChI=1S/C19H18F3N3O7/c1-2-23-15(29)12-14(28)13(16(30)24-7-11(26)27)18(32)25(17(12)31)8-9-5-3-4-6-10(9)19(20,21)22/h3-6,28,31H,2,7-8H2,1H3,(H,23,29)(H,24,30)(H,26,27). The lowest BCUT2D eigenvalue weighted by molar-refractivity contribution is -0.138. The van der Waals surface area contributed by atoms with Gasteiger partial charge in [0.2, 0.25) is 5.88 Å². The Morgan fingerprint density at radius 1 is 1.03 bits per heavy atom. The highest BCUT2D eigenvalue weighted by molar-refractivity contribution is 6.05. The summed E-state index contributed by atoms with van der Waals surface area (Å²) < 4.78 is 40.3. The normalized spacial score (nSPS) is 11.1. The largest absolute Gasteiger partial charge is 0.506 e. The van der Waals surface area contributed by atoms with Crippen LogP contribution in [-0.2, 0) is 17.5 Å². The molecule has 0 saturated carbocycles. The third-order valence-corrected chi connectivity index (χ3v) is 4.25. The van der Waals surface area contributed by atoms with Crippen molar-refractivity contribution in [2.45, 2.75) is 19.6 Å². The van der Waals surface area contributed by atoms with Crippen LogP contribution < -0.4 is 16.2 Å². The van der Waals surface area contributed by atoms with Gasteiger partial charge in [-0.05, 0) is 18.6 Å². The lowest BCUT2D eigenvalue weighted by Gasteiger charge is -2.18. The molecular weight excluding hydrogens is 439 g/mol. The molecule has 0 aliphatic rings. The van der Waals surface area contributed by atoms with Crippen molar-refractivity contribution in [3.05, 3.63) is 56.9 Å². The van der Waals surface area contributed by atoms with E-state index in [-0.39, 0.29) is 6.54 Å². The minimum Gasteiger partial charge on any atom is -0.506 e. The lowest BCUT2D eigenvalue weighted by atomic mass is 10.1. The number of halogens is 3. The van der Waals surface area contributed by atoms with Crippen LogP contribution in [0.1, 0.15) is 38.8 Å². The van der Waals surface area contributed by atoms with Gasteiger partial charge in [-0.3, -0.25) is 23.7 Å². The number of carbonyl (C=O) groups excluding carboxylic acids is 2. The van der Waals surface area contributed by atoms with Crippen LogP contribution in [0, 0.1) is 0 Å². The molecule has 0 unspecified atom stereocenters. The molecule has 2 amide bonds. The summed E-state index contributed by atoms with van der Waals surface area (Å²) in [6.45, 7) is -0.366. The highest BCUT2D eigenvalue weighted by atomic mass is 19.4. The molecule has 0 radical (unpaired) electrons. The zero-order valence-electron chi connectivity index (χ0n) is 16.5. The van der Waals surface area contributed by atoms with Gasteiger partial charge in [0.1, 0.15) is 17.7 Å². The van der Waals surface area contributed by atoms with Crippen LogP contribution in [0.4, 0.5) is 13.2 Å². The van der Waals surface area contributed by atoms with Gasteiger partial charge >= 0.3 is 12.1 Å². The molecule has 5 N–H and O–H groups in total. The summed E-state index contributed by atoms with van der Waals surface area (Å²) in [4.78, 5) is 48.1. The number of carboxylic acid groups (broad SMARTS) is 1. The predicted octanol–water partition coefficient (Wildman–Crippen LogP) is 0.891. The van der Waals surface area contributed by atoms with E-state index in [1.807, 2.05) is 5.32 Å². The average molecular weight is 457 g/mol. The van der Waals surface area contributed by atoms with E-state index >= 15 is 0 Å². The summed E-state index contributed by atoms with van der Waals surface area (Å²) in [5.74, 6) is -6.43. The topological polar surface area (TPSA) is 158 Å². The molecule has 0 bridgehead atoms. The number of amides is 2. The molecule has 0 aliphatic carbocycles. The summed E-state index contributed by atoms with van der Waals surface area (Å²) in [5.41, 5.74) is -5.09. The van der Waals surface area contributed by atoms with Gasteiger partial charge in [-0.25, -0.2) is 0 Å². The number of carboxylic acids is 1. The fourth-order valence-electron chi connectivity index (χ4n) is 2.86. The van der Waals surface area contributed by atoms with Gasteiger partial charge in [0.05, 0.1) is 12.1 Å². The Hall–Kier alpha value is -4.03. The Morgan fingerprint density at radius 3 is 2.19 bits per heavy atom. The van der Waals surface area contributed by atoms with Crippen LogP contribution in [0.25, 0.3) is 0 Å². The minimum atomic E-state index is -4.81. The van der Waals surface area contributed by atoms with Gasteiger partial charge in [0.15, 0.2) is 5.75 Å². The van der Waals surface area contributed by atoms with Crippen molar-refractivity contribution < 1.29 is 42.9 Å². The first-order valence-corrected chi connectivity index (χ1v) is 9.02. The maximum Gasteiger partial charge on any atom is 0.416 e. The van der Waals surface area contributed by atoms with E-state index in [1.54, 1.807) is 0 Å². The molecule has 1 aromatic carbocycles. The molecule has 13 heteroatoms. The van der Waals surface area contributed by atoms with Crippen LogP contribution in [0.3, 0.4) is 0 Å². The van der Waals surface area contributed by atoms with Crippen molar-refractivity contribution in [2.24, 2.45) is 0 Å². The van der Waals surface area contributed by atoms with E-state index in [0.717, 1.165) is 18.2 Å². The van der Waals surface area contributed by atoms with Crippen LogP contribution in [0.5, 0.6) is 11.6 Å². The summed E-state index contributed by atoms with van der Waals surface area (Å²) in [5, 5.41) is 33.5. The molecule has 1 aromatic heterocycles. The first-order valence-electron chi connectivity index (χ1n) is 9.02. The van der Waals surface area contributed by atoms with Gasteiger partial charge in [-0.2, -0.15) is 13.2 Å². The van der Waals surface area contributed by atoms with Gasteiger partial charge in [0, 0.05) is 6.54 Å². The van der Waals surface area contributed by atoms with E-state index < -0.39 is 76.5 Å². The van der Waals surface area contributed by atoms with Crippen LogP contribution in [0.2, 0.25) is 0 Å². The van der Waals surface area contributed by atoms with Crippen LogP contribution in [-0.4, -0.2) is 50.8 Å². The molecular formula is C19H18F3N3O7. The van der Waals surface area contributed by atoms with Crippen molar-refractivity contribution >= 4 is 17.8 Å². The zero-order chi connectivity index (χ0) is 24.2. The maximum absolute atomic E-state index is 13.3. The molecule has 10 nitrogen and oxygen atoms in total. The van der Waals surface area contributed by atoms with E-state index in [2.05, 4.69) is 5.32 Å². The van der Waals surface area contributed by atoms with Gasteiger partial charge < -0.3 is 26.0 Å². The van der Waals surface area contributed by atoms with Crippen LogP contribution >= 0.6 is 0 Å². The zero-order valence-corrected chi connectivity index (χ0v) is 16.5. The van der Waals surface area contributed by atoms with E-state index in [9.17, 15) is 42.6 Å². The number of hydrogen-bond acceptors (Lipinski definition) is 6. The predicted molar refractivity (Wildman–Crippen MR) is 103 cm³/mol. The fourth-order valence-corrected chi connectivity index (χ4v) is 2.86. The van der Waals surface area contributed by atoms with Crippen molar-refractivity contribution in [3.8, 4) is 11.6 Å². The number of aromatic nitrogens is 1. The number of carbonyl (C=O) groups is 3. The summed E-state index contributed by atoms with van der Waals surface area (Å²) >= 11 is 0. The molecule has 0 saturated heterocycles. The summed E-state index contributed by atoms with van der Waals surface area (Å²) in [7, 11) is 0. The molecule has 2 rings (SSSR count). The number of nitrogens with one attached hydrogen (secondary N) is 2. The first-order chi connectivity index (χ1) is 14.9. The van der Waals surface area contributed by atoms with E-state index in [0.29, 0.717) is 4.57 Å². The number of aliphatic carboxylic acids is 1. The molecule has 0 aliphatic heterocycles. The number of alkyl halides is 3. The Bertz CT molecular complexity index is 1130. The second-order valence-corrected chi connectivity index (χ2v) is 6.40. The molecule has 172 valence electrons. The maximum atomic E-state index is 13.3. The minimum absolute atomic E-state index is 0.00823. The molecule has 0 atom stereocenters. The quantitative estimate of drug-likeness (QED) is 0.413. The number of pyridine rings is 1.